The zero-order valence-electron chi connectivity index (χ0n) is 21.4. The monoisotopic (exact) mass is 511 g/mol. The van der Waals surface area contributed by atoms with Crippen LogP contribution in [0.4, 0.5) is 16.2 Å². The van der Waals surface area contributed by atoms with E-state index in [0.717, 1.165) is 5.56 Å². The van der Waals surface area contributed by atoms with Crippen LogP contribution in [0.5, 0.6) is 0 Å². The molecule has 0 radical (unpaired) electrons. The minimum atomic E-state index is -0.916. The lowest BCUT2D eigenvalue weighted by atomic mass is 10.1. The molecule has 11 heteroatoms. The first kappa shape index (κ1) is 28.7. The van der Waals surface area contributed by atoms with E-state index in [1.807, 2.05) is 0 Å². The fraction of sp³-hybridized carbons (Fsp3) is 0.308. The molecule has 2 aromatic carbocycles. The maximum Gasteiger partial charge on any atom is 0.408 e. The van der Waals surface area contributed by atoms with Crippen LogP contribution in [0, 0.1) is 0 Å². The number of carbonyl (C=O) groups is 3. The summed E-state index contributed by atoms with van der Waals surface area (Å²) in [7, 11) is 0. The van der Waals surface area contributed by atoms with Crippen LogP contribution >= 0.6 is 0 Å². The molecule has 37 heavy (non-hydrogen) atoms. The molecule has 0 saturated heterocycles. The van der Waals surface area contributed by atoms with Crippen LogP contribution in [0.25, 0.3) is 0 Å². The second-order valence-electron chi connectivity index (χ2n) is 8.18. The predicted molar refractivity (Wildman–Crippen MR) is 140 cm³/mol. The van der Waals surface area contributed by atoms with E-state index in [4.69, 9.17) is 20.0 Å². The first-order chi connectivity index (χ1) is 17.6. The molecule has 0 saturated carbocycles. The molecule has 198 valence electrons. The predicted octanol–water partition coefficient (Wildman–Crippen LogP) is 3.55. The number of hydrogen-bond acceptors (Lipinski definition) is 8. The molecule has 0 heterocycles. The summed E-state index contributed by atoms with van der Waals surface area (Å²) in [5.74, 6) is -0.472. The van der Waals surface area contributed by atoms with Gasteiger partial charge in [0, 0.05) is 17.7 Å². The third-order valence-electron chi connectivity index (χ3n) is 4.59. The Bertz CT molecular complexity index is 1130. The number of nitrogens with one attached hydrogen (secondary N) is 3. The molecule has 2 rings (SSSR count). The summed E-state index contributed by atoms with van der Waals surface area (Å²) in [5, 5.41) is 5.36. The quantitative estimate of drug-likeness (QED) is 0.117. The van der Waals surface area contributed by atoms with Crippen molar-refractivity contribution in [2.45, 2.75) is 46.3 Å². The summed E-state index contributed by atoms with van der Waals surface area (Å²) in [6.07, 6.45) is -0.842. The molecule has 1 atom stereocenters. The van der Waals surface area contributed by atoms with Gasteiger partial charge in [-0.15, -0.1) is 0 Å². The Morgan fingerprint density at radius 2 is 1.81 bits per heavy atom. The standard InChI is InChI=1S/C26H33N5O6/c1-6-35-25(33)23(30-26(34)36-16(2)3)14-19-10-12-21(13-11-19)29-24(32)20-8-7-9-22(15-20)28-18(5)31-37-17(4)27/h7-13,15-16,23H,4,6,14,27H2,1-3,5H3,(H,28,31)(H,29,32)(H,30,34). The number of nitrogens with zero attached hydrogens (tertiary/aromatic N) is 1. The Kier molecular flexibility index (Phi) is 11.0. The number of carbonyl (C=O) groups excluding carboxylic acids is 3. The largest absolute Gasteiger partial charge is 0.464 e. The number of amides is 2. The molecule has 2 aromatic rings. The highest BCUT2D eigenvalue weighted by Crippen LogP contribution is 2.17. The highest BCUT2D eigenvalue weighted by Gasteiger charge is 2.23. The number of anilines is 1. The minimum Gasteiger partial charge on any atom is -0.464 e. The number of aliphatic imine (C=N–C) groups is 1. The van der Waals surface area contributed by atoms with E-state index in [1.165, 1.54) is 0 Å². The van der Waals surface area contributed by atoms with Gasteiger partial charge in [-0.2, -0.15) is 0 Å². The molecule has 0 aromatic heterocycles. The second-order valence-corrected chi connectivity index (χ2v) is 8.18. The number of benzene rings is 2. The number of nitrogens with two attached hydrogens (primary N) is 1. The zero-order valence-corrected chi connectivity index (χ0v) is 21.4. The van der Waals surface area contributed by atoms with Crippen molar-refractivity contribution < 1.29 is 28.7 Å². The van der Waals surface area contributed by atoms with Gasteiger partial charge in [-0.1, -0.05) is 18.2 Å². The summed E-state index contributed by atoms with van der Waals surface area (Å²) < 4.78 is 10.1. The lowest BCUT2D eigenvalue weighted by Crippen LogP contribution is -2.44. The van der Waals surface area contributed by atoms with Gasteiger partial charge < -0.3 is 30.7 Å². The van der Waals surface area contributed by atoms with Crippen molar-refractivity contribution in [3.8, 4) is 0 Å². The number of ether oxygens (including phenoxy) is 2. The summed E-state index contributed by atoms with van der Waals surface area (Å²) in [5.41, 5.74) is 10.1. The van der Waals surface area contributed by atoms with Crippen molar-refractivity contribution in [2.24, 2.45) is 10.7 Å². The zero-order chi connectivity index (χ0) is 27.4. The van der Waals surface area contributed by atoms with E-state index < -0.39 is 18.1 Å². The first-order valence-corrected chi connectivity index (χ1v) is 11.6. The van der Waals surface area contributed by atoms with E-state index in [2.05, 4.69) is 27.7 Å². The molecule has 1 unspecified atom stereocenters. The average Bonchev–Trinajstić information content (AvgIpc) is 2.83. The van der Waals surface area contributed by atoms with Gasteiger partial charge in [-0.05, 0) is 70.2 Å². The number of hydroxylamine groups is 1. The van der Waals surface area contributed by atoms with Gasteiger partial charge in [0.2, 0.25) is 5.88 Å². The van der Waals surface area contributed by atoms with E-state index in [1.54, 1.807) is 76.2 Å². The smallest absolute Gasteiger partial charge is 0.408 e. The van der Waals surface area contributed by atoms with Crippen molar-refractivity contribution in [1.82, 2.24) is 10.8 Å². The van der Waals surface area contributed by atoms with Crippen molar-refractivity contribution in [1.29, 1.82) is 0 Å². The van der Waals surface area contributed by atoms with Gasteiger partial charge >= 0.3 is 12.1 Å². The molecule has 11 nitrogen and oxygen atoms in total. The van der Waals surface area contributed by atoms with E-state index in [9.17, 15) is 14.4 Å². The van der Waals surface area contributed by atoms with Crippen LogP contribution in [0.1, 0.15) is 43.6 Å². The molecule has 0 aliphatic rings. The molecule has 0 bridgehead atoms. The molecular weight excluding hydrogens is 478 g/mol. The average molecular weight is 512 g/mol. The Morgan fingerprint density at radius 3 is 2.43 bits per heavy atom. The molecule has 0 aliphatic carbocycles. The van der Waals surface area contributed by atoms with Crippen molar-refractivity contribution in [3.05, 3.63) is 72.1 Å². The summed E-state index contributed by atoms with van der Waals surface area (Å²) in [4.78, 5) is 46.3. The lowest BCUT2D eigenvalue weighted by molar-refractivity contribution is -0.145. The number of alkyl carbamates (subject to hydrolysis) is 1. The SMILES string of the molecule is C=C(N)ONC(C)=Nc1cccc(C(=O)Nc2ccc(CC(NC(=O)OC(C)C)C(=O)OCC)cc2)c1. The first-order valence-electron chi connectivity index (χ1n) is 11.6. The van der Waals surface area contributed by atoms with Crippen molar-refractivity contribution in [2.75, 3.05) is 11.9 Å². The normalized spacial score (nSPS) is 11.8. The van der Waals surface area contributed by atoms with Gasteiger partial charge in [0.25, 0.3) is 5.91 Å². The molecular formula is C26H33N5O6. The van der Waals surface area contributed by atoms with E-state index in [0.29, 0.717) is 22.8 Å². The highest BCUT2D eigenvalue weighted by atomic mass is 16.7. The van der Waals surface area contributed by atoms with Crippen LogP contribution in [0.15, 0.2) is 66.0 Å². The second kappa shape index (κ2) is 14.1. The highest BCUT2D eigenvalue weighted by molar-refractivity contribution is 6.04. The number of esters is 1. The Labute approximate surface area is 216 Å². The van der Waals surface area contributed by atoms with Crippen LogP contribution in [0.3, 0.4) is 0 Å². The molecule has 0 fully saturated rings. The third-order valence-corrected chi connectivity index (χ3v) is 4.59. The van der Waals surface area contributed by atoms with Crippen LogP contribution in [-0.2, 0) is 25.5 Å². The molecule has 0 spiro atoms. The van der Waals surface area contributed by atoms with Gasteiger partial charge in [-0.25, -0.2) is 20.1 Å². The fourth-order valence-corrected chi connectivity index (χ4v) is 3.06. The maximum atomic E-state index is 12.7. The number of amidine groups is 1. The van der Waals surface area contributed by atoms with Crippen LogP contribution in [-0.4, -0.2) is 42.6 Å². The van der Waals surface area contributed by atoms with Crippen molar-refractivity contribution >= 4 is 35.2 Å². The van der Waals surface area contributed by atoms with E-state index in [-0.39, 0.29) is 30.9 Å². The Morgan fingerprint density at radius 1 is 1.11 bits per heavy atom. The van der Waals surface area contributed by atoms with E-state index >= 15 is 0 Å². The van der Waals surface area contributed by atoms with Gasteiger partial charge in [0.05, 0.1) is 18.4 Å². The van der Waals surface area contributed by atoms with Gasteiger partial charge in [0.1, 0.15) is 11.9 Å². The molecule has 5 N–H and O–H groups in total. The minimum absolute atomic E-state index is 0.00462. The third kappa shape index (κ3) is 10.3. The van der Waals surface area contributed by atoms with Crippen molar-refractivity contribution in [3.63, 3.8) is 0 Å². The molecule has 2 amide bonds. The Hall–Kier alpha value is -4.54. The Balaban J connectivity index is 2.05. The number of rotatable bonds is 11. The summed E-state index contributed by atoms with van der Waals surface area (Å²) in [6, 6.07) is 12.7. The number of hydrogen-bond donors (Lipinski definition) is 4. The topological polar surface area (TPSA) is 153 Å². The van der Waals surface area contributed by atoms with Gasteiger partial charge in [0.15, 0.2) is 0 Å². The summed E-state index contributed by atoms with van der Waals surface area (Å²) >= 11 is 0. The van der Waals surface area contributed by atoms with Crippen LogP contribution in [0.2, 0.25) is 0 Å². The lowest BCUT2D eigenvalue weighted by Gasteiger charge is -2.18. The fourth-order valence-electron chi connectivity index (χ4n) is 3.06. The summed E-state index contributed by atoms with van der Waals surface area (Å²) in [6.45, 7) is 10.4. The maximum absolute atomic E-state index is 12.7. The molecule has 0 aliphatic heterocycles. The van der Waals surface area contributed by atoms with Crippen LogP contribution < -0.4 is 21.8 Å². The van der Waals surface area contributed by atoms with Gasteiger partial charge in [-0.3, -0.25) is 4.79 Å².